The number of pyridine rings is 1. The minimum Gasteiger partial charge on any atom is -0.457 e. The quantitative estimate of drug-likeness (QED) is 0.366. The second-order valence-corrected chi connectivity index (χ2v) is 2.31. The minimum atomic E-state index is -0.370. The molecule has 0 amide bonds. The van der Waals surface area contributed by atoms with Crippen LogP contribution in [0, 0.1) is 0 Å². The molecule has 0 aliphatic carbocycles. The van der Waals surface area contributed by atoms with Gasteiger partial charge in [-0.05, 0) is 6.07 Å². The Morgan fingerprint density at radius 2 is 2.45 bits per heavy atom. The number of hydrogen-bond donors (Lipinski definition) is 0. The fourth-order valence-electron chi connectivity index (χ4n) is 1.09. The summed E-state index contributed by atoms with van der Waals surface area (Å²) in [6.45, 7) is 0.320. The summed E-state index contributed by atoms with van der Waals surface area (Å²) in [5, 5.41) is 0. The highest BCUT2D eigenvalue weighted by Gasteiger charge is 2.22. The highest BCUT2D eigenvalue weighted by molar-refractivity contribution is 6.35. The van der Waals surface area contributed by atoms with Crippen molar-refractivity contribution in [1.29, 1.82) is 0 Å². The van der Waals surface area contributed by atoms with Crippen LogP contribution >= 0.6 is 0 Å². The number of aromatic nitrogens is 1. The first-order valence-electron chi connectivity index (χ1n) is 3.19. The highest BCUT2D eigenvalue weighted by Crippen LogP contribution is 2.15. The average Bonchev–Trinajstić information content (AvgIpc) is 2.34. The largest absolute Gasteiger partial charge is 0.457 e. The van der Waals surface area contributed by atoms with Crippen molar-refractivity contribution < 1.29 is 9.53 Å². The van der Waals surface area contributed by atoms with Gasteiger partial charge in [0.1, 0.15) is 14.5 Å². The number of esters is 1. The zero-order valence-electron chi connectivity index (χ0n) is 5.70. The van der Waals surface area contributed by atoms with E-state index in [1.165, 1.54) is 0 Å². The SMILES string of the molecule is [B]c1nccc2c1C(=O)OC2. The Balaban J connectivity index is 2.68. The Morgan fingerprint density at radius 3 is 3.18 bits per heavy atom. The molecular weight excluding hydrogens is 141 g/mol. The molecule has 3 nitrogen and oxygen atoms in total. The predicted octanol–water partition coefficient (Wildman–Crippen LogP) is -0.454. The van der Waals surface area contributed by atoms with Crippen LogP contribution in [0.3, 0.4) is 0 Å². The van der Waals surface area contributed by atoms with E-state index in [-0.39, 0.29) is 11.6 Å². The number of carbonyl (C=O) groups is 1. The van der Waals surface area contributed by atoms with Crippen LogP contribution in [-0.4, -0.2) is 18.8 Å². The van der Waals surface area contributed by atoms with Crippen molar-refractivity contribution in [2.75, 3.05) is 0 Å². The van der Waals surface area contributed by atoms with Crippen LogP contribution in [0.15, 0.2) is 12.3 Å². The third-order valence-corrected chi connectivity index (χ3v) is 1.63. The number of carbonyl (C=O) groups excluding carboxylic acids is 1. The topological polar surface area (TPSA) is 39.2 Å². The molecule has 0 unspecified atom stereocenters. The summed E-state index contributed by atoms with van der Waals surface area (Å²) in [5.74, 6) is -0.370. The van der Waals surface area contributed by atoms with Gasteiger partial charge in [0.25, 0.3) is 0 Å². The van der Waals surface area contributed by atoms with E-state index >= 15 is 0 Å². The summed E-state index contributed by atoms with van der Waals surface area (Å²) in [6, 6.07) is 1.73. The number of cyclic esters (lactones) is 1. The van der Waals surface area contributed by atoms with Crippen molar-refractivity contribution in [3.63, 3.8) is 0 Å². The summed E-state index contributed by atoms with van der Waals surface area (Å²) < 4.78 is 4.75. The molecule has 2 radical (unpaired) electrons. The summed E-state index contributed by atoms with van der Waals surface area (Å²) in [6.07, 6.45) is 1.57. The van der Waals surface area contributed by atoms with E-state index in [0.29, 0.717) is 12.2 Å². The fourth-order valence-corrected chi connectivity index (χ4v) is 1.09. The van der Waals surface area contributed by atoms with Crippen molar-refractivity contribution in [2.24, 2.45) is 0 Å². The molecule has 11 heavy (non-hydrogen) atoms. The van der Waals surface area contributed by atoms with Gasteiger partial charge in [-0.25, -0.2) is 4.79 Å². The van der Waals surface area contributed by atoms with Gasteiger partial charge in [-0.3, -0.25) is 4.98 Å². The number of nitrogens with zero attached hydrogens (tertiary/aromatic N) is 1. The summed E-state index contributed by atoms with van der Waals surface area (Å²) in [7, 11) is 5.45. The van der Waals surface area contributed by atoms with Crippen molar-refractivity contribution in [2.45, 2.75) is 6.61 Å². The van der Waals surface area contributed by atoms with Crippen LogP contribution < -0.4 is 5.59 Å². The predicted molar refractivity (Wildman–Crippen MR) is 38.7 cm³/mol. The van der Waals surface area contributed by atoms with E-state index < -0.39 is 0 Å². The van der Waals surface area contributed by atoms with E-state index in [1.807, 2.05) is 0 Å². The molecule has 52 valence electrons. The Labute approximate surface area is 64.8 Å². The molecule has 0 saturated carbocycles. The Kier molecular flexibility index (Phi) is 1.21. The van der Waals surface area contributed by atoms with Gasteiger partial charge in [0.05, 0.1) is 5.56 Å². The van der Waals surface area contributed by atoms with Crippen LogP contribution in [0.4, 0.5) is 0 Å². The molecule has 0 spiro atoms. The van der Waals surface area contributed by atoms with Crippen LogP contribution in [0.25, 0.3) is 0 Å². The molecule has 1 aliphatic heterocycles. The fraction of sp³-hybridized carbons (Fsp3) is 0.143. The average molecular weight is 145 g/mol. The lowest BCUT2D eigenvalue weighted by atomic mass is 9.95. The molecule has 1 aromatic heterocycles. The minimum absolute atomic E-state index is 0.255. The van der Waals surface area contributed by atoms with Gasteiger partial charge in [0.15, 0.2) is 0 Å². The number of ether oxygens (including phenoxy) is 1. The highest BCUT2D eigenvalue weighted by atomic mass is 16.5. The maximum Gasteiger partial charge on any atom is 0.339 e. The van der Waals surface area contributed by atoms with Gasteiger partial charge >= 0.3 is 5.97 Å². The molecule has 1 aromatic rings. The first-order valence-corrected chi connectivity index (χ1v) is 3.19. The van der Waals surface area contributed by atoms with E-state index in [4.69, 9.17) is 12.6 Å². The monoisotopic (exact) mass is 145 g/mol. The van der Waals surface area contributed by atoms with Crippen molar-refractivity contribution in [1.82, 2.24) is 4.98 Å². The lowest BCUT2D eigenvalue weighted by Gasteiger charge is -1.95. The van der Waals surface area contributed by atoms with Crippen molar-refractivity contribution >= 4 is 19.4 Å². The second-order valence-electron chi connectivity index (χ2n) is 2.31. The molecule has 4 heteroatoms. The van der Waals surface area contributed by atoms with Crippen molar-refractivity contribution in [3.05, 3.63) is 23.4 Å². The molecule has 0 N–H and O–H groups in total. The lowest BCUT2D eigenvalue weighted by Crippen LogP contribution is -2.17. The Hall–Kier alpha value is -1.32. The van der Waals surface area contributed by atoms with Gasteiger partial charge in [-0.1, -0.05) is 0 Å². The van der Waals surface area contributed by atoms with E-state index in [1.54, 1.807) is 12.3 Å². The maximum absolute atomic E-state index is 10.9. The number of hydrogen-bond acceptors (Lipinski definition) is 3. The summed E-state index contributed by atoms with van der Waals surface area (Å²) >= 11 is 0. The molecule has 2 rings (SSSR count). The third-order valence-electron chi connectivity index (χ3n) is 1.63. The molecule has 0 atom stereocenters. The molecule has 2 heterocycles. The van der Waals surface area contributed by atoms with Gasteiger partial charge < -0.3 is 4.74 Å². The smallest absolute Gasteiger partial charge is 0.339 e. The van der Waals surface area contributed by atoms with E-state index in [2.05, 4.69) is 4.98 Å². The van der Waals surface area contributed by atoms with Crippen molar-refractivity contribution in [3.8, 4) is 0 Å². The van der Waals surface area contributed by atoms with Gasteiger partial charge in [0, 0.05) is 17.4 Å². The second kappa shape index (κ2) is 2.08. The first kappa shape index (κ1) is 6.40. The number of fused-ring (bicyclic) bond motifs is 1. The molecule has 0 fully saturated rings. The summed E-state index contributed by atoms with van der Waals surface area (Å²) in [5.41, 5.74) is 1.50. The zero-order chi connectivity index (χ0) is 7.84. The number of rotatable bonds is 0. The molecule has 1 aliphatic rings. The third kappa shape index (κ3) is 0.825. The van der Waals surface area contributed by atoms with Gasteiger partial charge in [-0.2, -0.15) is 0 Å². The van der Waals surface area contributed by atoms with E-state index in [0.717, 1.165) is 5.56 Å². The standard InChI is InChI=1S/C7H4BNO2/c8-6-5-4(1-2-9-6)3-11-7(5)10/h1-2H,3H2. The van der Waals surface area contributed by atoms with Crippen LogP contribution in [0.1, 0.15) is 15.9 Å². The molecular formula is C7H4BNO2. The Bertz CT molecular complexity index is 324. The molecule has 0 aromatic carbocycles. The van der Waals surface area contributed by atoms with Crippen LogP contribution in [0.5, 0.6) is 0 Å². The van der Waals surface area contributed by atoms with Crippen LogP contribution in [-0.2, 0) is 11.3 Å². The Morgan fingerprint density at radius 1 is 1.64 bits per heavy atom. The van der Waals surface area contributed by atoms with Crippen LogP contribution in [0.2, 0.25) is 0 Å². The zero-order valence-corrected chi connectivity index (χ0v) is 5.70. The lowest BCUT2D eigenvalue weighted by molar-refractivity contribution is 0.0536. The maximum atomic E-state index is 10.9. The van der Waals surface area contributed by atoms with Gasteiger partial charge in [-0.15, -0.1) is 0 Å². The molecule has 0 bridgehead atoms. The van der Waals surface area contributed by atoms with Gasteiger partial charge in [0.2, 0.25) is 0 Å². The molecule has 0 saturated heterocycles. The summed E-state index contributed by atoms with van der Waals surface area (Å²) in [4.78, 5) is 14.7. The first-order chi connectivity index (χ1) is 5.29. The normalized spacial score (nSPS) is 14.4. The van der Waals surface area contributed by atoms with E-state index in [9.17, 15) is 4.79 Å².